The third-order valence-corrected chi connectivity index (χ3v) is 5.88. The van der Waals surface area contributed by atoms with Crippen LogP contribution in [-0.4, -0.2) is 34.6 Å². The number of aliphatic carboxylic acids is 1. The van der Waals surface area contributed by atoms with Crippen LogP contribution in [0.4, 0.5) is 0 Å². The fraction of sp³-hybridized carbons (Fsp3) is 0.391. The second-order valence-electron chi connectivity index (χ2n) is 7.96. The molecular weight excluding hydrogens is 432 g/mol. The Labute approximate surface area is 189 Å². The van der Waals surface area contributed by atoms with E-state index >= 15 is 0 Å². The van der Waals surface area contributed by atoms with Crippen molar-refractivity contribution < 1.29 is 23.8 Å². The van der Waals surface area contributed by atoms with Crippen LogP contribution in [0.3, 0.4) is 0 Å². The van der Waals surface area contributed by atoms with Crippen LogP contribution in [0.15, 0.2) is 33.0 Å². The van der Waals surface area contributed by atoms with E-state index in [0.717, 1.165) is 11.3 Å². The lowest BCUT2D eigenvalue weighted by molar-refractivity contribution is -0.142. The number of carboxylic acids is 1. The van der Waals surface area contributed by atoms with Gasteiger partial charge in [-0.3, -0.25) is 9.59 Å². The first-order valence-corrected chi connectivity index (χ1v) is 11.2. The van der Waals surface area contributed by atoms with E-state index in [2.05, 4.69) is 10.3 Å². The third kappa shape index (κ3) is 5.34. The number of hydrogen-bond acceptors (Lipinski definition) is 7. The number of nitrogens with zero attached hydrogens (tertiary/aromatic N) is 1. The summed E-state index contributed by atoms with van der Waals surface area (Å²) in [7, 11) is 0. The number of hydrogen-bond donors (Lipinski definition) is 2. The Bertz CT molecular complexity index is 1200. The van der Waals surface area contributed by atoms with E-state index in [1.807, 2.05) is 33.1 Å². The van der Waals surface area contributed by atoms with Crippen LogP contribution < -0.4 is 15.5 Å². The molecule has 0 aliphatic carbocycles. The topological polar surface area (TPSA) is 119 Å². The number of rotatable bonds is 9. The smallest absolute Gasteiger partial charge is 0.326 e. The van der Waals surface area contributed by atoms with Crippen LogP contribution in [0.2, 0.25) is 0 Å². The number of fused-ring (bicyclic) bond motifs is 1. The van der Waals surface area contributed by atoms with Gasteiger partial charge in [-0.25, -0.2) is 9.78 Å². The molecule has 0 fully saturated rings. The van der Waals surface area contributed by atoms with Crippen LogP contribution >= 0.6 is 11.3 Å². The first-order chi connectivity index (χ1) is 15.2. The molecule has 3 aromatic rings. The molecule has 0 aliphatic heterocycles. The monoisotopic (exact) mass is 458 g/mol. The molecule has 0 unspecified atom stereocenters. The molecule has 0 bridgehead atoms. The van der Waals surface area contributed by atoms with Crippen molar-refractivity contribution in [2.45, 2.75) is 46.6 Å². The van der Waals surface area contributed by atoms with Gasteiger partial charge >= 0.3 is 5.97 Å². The Morgan fingerprint density at radius 1 is 1.31 bits per heavy atom. The highest BCUT2D eigenvalue weighted by molar-refractivity contribution is 7.13. The number of nitrogens with one attached hydrogen (secondary N) is 1. The number of benzene rings is 1. The number of ether oxygens (including phenoxy) is 1. The highest BCUT2D eigenvalue weighted by Gasteiger charge is 2.22. The predicted octanol–water partition coefficient (Wildman–Crippen LogP) is 3.78. The van der Waals surface area contributed by atoms with Crippen LogP contribution in [-0.2, 0) is 16.0 Å². The Kier molecular flexibility index (Phi) is 7.29. The van der Waals surface area contributed by atoms with Gasteiger partial charge in [0.2, 0.25) is 5.43 Å². The Balaban J connectivity index is 1.82. The van der Waals surface area contributed by atoms with Gasteiger partial charge in [0.1, 0.15) is 28.6 Å². The van der Waals surface area contributed by atoms with E-state index in [1.54, 1.807) is 12.1 Å². The number of amides is 1. The minimum absolute atomic E-state index is 0.116. The lowest BCUT2D eigenvalue weighted by atomic mass is 10.0. The fourth-order valence-electron chi connectivity index (χ4n) is 3.31. The molecule has 8 nitrogen and oxygen atoms in total. The van der Waals surface area contributed by atoms with Gasteiger partial charge in [-0.2, -0.15) is 0 Å². The number of aryl methyl sites for hydroxylation is 2. The number of thiazole rings is 1. The molecule has 2 heterocycles. The summed E-state index contributed by atoms with van der Waals surface area (Å²) < 4.78 is 11.3. The van der Waals surface area contributed by atoms with Gasteiger partial charge in [0.25, 0.3) is 5.91 Å². The molecule has 1 atom stereocenters. The highest BCUT2D eigenvalue weighted by atomic mass is 32.1. The molecule has 0 saturated heterocycles. The molecule has 0 radical (unpaired) electrons. The van der Waals surface area contributed by atoms with E-state index in [9.17, 15) is 19.5 Å². The summed E-state index contributed by atoms with van der Waals surface area (Å²) in [5, 5.41) is 14.7. The van der Waals surface area contributed by atoms with Crippen molar-refractivity contribution in [3.63, 3.8) is 0 Å². The molecule has 9 heteroatoms. The summed E-state index contributed by atoms with van der Waals surface area (Å²) in [4.78, 5) is 41.0. The second kappa shape index (κ2) is 9.95. The van der Waals surface area contributed by atoms with Crippen LogP contribution in [0.1, 0.15) is 38.4 Å². The van der Waals surface area contributed by atoms with Crippen molar-refractivity contribution in [1.82, 2.24) is 10.3 Å². The van der Waals surface area contributed by atoms with Gasteiger partial charge in [-0.15, -0.1) is 11.3 Å². The zero-order chi connectivity index (χ0) is 23.4. The number of carbonyl (C=O) groups is 2. The zero-order valence-corrected chi connectivity index (χ0v) is 19.2. The van der Waals surface area contributed by atoms with E-state index < -0.39 is 17.9 Å². The molecule has 1 amide bonds. The molecule has 2 aromatic heterocycles. The zero-order valence-electron chi connectivity index (χ0n) is 18.4. The minimum atomic E-state index is -1.08. The normalized spacial score (nSPS) is 12.2. The van der Waals surface area contributed by atoms with Crippen molar-refractivity contribution in [3.8, 4) is 16.3 Å². The standard InChI is InChI=1S/C23H26N2O6S/c1-5-14-7-15-19(30-9-16(21(15)27)22-24-13(4)11-32-22)8-18(14)31-10-20(26)25-17(23(28)29)6-12(2)3/h7-9,11-12,17H,5-6,10H2,1-4H3,(H,25,26)(H,28,29)/t17-/m1/s1. The predicted molar refractivity (Wildman–Crippen MR) is 122 cm³/mol. The number of carboxylic acid groups (broad SMARTS) is 1. The van der Waals surface area contributed by atoms with Crippen LogP contribution in [0, 0.1) is 12.8 Å². The minimum Gasteiger partial charge on any atom is -0.483 e. The van der Waals surface area contributed by atoms with E-state index in [0.29, 0.717) is 40.1 Å². The number of aromatic nitrogens is 1. The second-order valence-corrected chi connectivity index (χ2v) is 8.82. The quantitative estimate of drug-likeness (QED) is 0.501. The molecule has 2 N–H and O–H groups in total. The summed E-state index contributed by atoms with van der Waals surface area (Å²) >= 11 is 1.38. The first-order valence-electron chi connectivity index (χ1n) is 10.4. The molecule has 0 saturated carbocycles. The van der Waals surface area contributed by atoms with Gasteiger partial charge < -0.3 is 19.6 Å². The molecule has 1 aromatic carbocycles. The average molecular weight is 459 g/mol. The Hall–Kier alpha value is -3.20. The molecular formula is C23H26N2O6S. The van der Waals surface area contributed by atoms with Crippen molar-refractivity contribution in [2.75, 3.05) is 6.61 Å². The van der Waals surface area contributed by atoms with Gasteiger partial charge in [0, 0.05) is 17.1 Å². The Morgan fingerprint density at radius 3 is 2.66 bits per heavy atom. The van der Waals surface area contributed by atoms with E-state index in [1.165, 1.54) is 17.6 Å². The van der Waals surface area contributed by atoms with Crippen LogP contribution in [0.5, 0.6) is 5.75 Å². The average Bonchev–Trinajstić information content (AvgIpc) is 3.17. The third-order valence-electron chi connectivity index (χ3n) is 4.89. The van der Waals surface area contributed by atoms with E-state index in [4.69, 9.17) is 9.15 Å². The summed E-state index contributed by atoms with van der Waals surface area (Å²) in [5.74, 6) is -1.09. The van der Waals surface area contributed by atoms with E-state index in [-0.39, 0.29) is 18.0 Å². The molecule has 3 rings (SSSR count). The van der Waals surface area contributed by atoms with Gasteiger partial charge in [0.15, 0.2) is 6.61 Å². The lowest BCUT2D eigenvalue weighted by Gasteiger charge is -2.17. The van der Waals surface area contributed by atoms with Crippen molar-refractivity contribution >= 4 is 34.2 Å². The van der Waals surface area contributed by atoms with Crippen molar-refractivity contribution in [2.24, 2.45) is 5.92 Å². The molecule has 0 spiro atoms. The highest BCUT2D eigenvalue weighted by Crippen LogP contribution is 2.28. The Morgan fingerprint density at radius 2 is 2.06 bits per heavy atom. The van der Waals surface area contributed by atoms with Gasteiger partial charge in [-0.1, -0.05) is 20.8 Å². The lowest BCUT2D eigenvalue weighted by Crippen LogP contribution is -2.43. The number of carbonyl (C=O) groups excluding carboxylic acids is 1. The maximum Gasteiger partial charge on any atom is 0.326 e. The first kappa shape index (κ1) is 23.5. The molecule has 0 aliphatic rings. The summed E-state index contributed by atoms with van der Waals surface area (Å²) in [5.41, 5.74) is 2.12. The maximum absolute atomic E-state index is 13.0. The van der Waals surface area contributed by atoms with Crippen LogP contribution in [0.25, 0.3) is 21.5 Å². The largest absolute Gasteiger partial charge is 0.483 e. The SMILES string of the molecule is CCc1cc2c(=O)c(-c3nc(C)cs3)coc2cc1OCC(=O)N[C@H](CC(C)C)C(=O)O. The summed E-state index contributed by atoms with van der Waals surface area (Å²) in [6, 6.07) is 2.32. The summed E-state index contributed by atoms with van der Waals surface area (Å²) in [6.45, 7) is 7.19. The van der Waals surface area contributed by atoms with Crippen molar-refractivity contribution in [1.29, 1.82) is 0 Å². The summed E-state index contributed by atoms with van der Waals surface area (Å²) in [6.07, 6.45) is 2.27. The van der Waals surface area contributed by atoms with Gasteiger partial charge in [-0.05, 0) is 37.3 Å². The maximum atomic E-state index is 13.0. The molecule has 32 heavy (non-hydrogen) atoms. The fourth-order valence-corrected chi connectivity index (χ4v) is 4.11. The van der Waals surface area contributed by atoms with Gasteiger partial charge in [0.05, 0.1) is 10.9 Å². The molecule has 170 valence electrons. The van der Waals surface area contributed by atoms with Crippen molar-refractivity contribution in [3.05, 3.63) is 45.3 Å².